The molecule has 0 radical (unpaired) electrons. The van der Waals surface area contributed by atoms with Gasteiger partial charge in [-0.1, -0.05) is 31.6 Å². The second kappa shape index (κ2) is 5.67. The van der Waals surface area contributed by atoms with Gasteiger partial charge in [-0.25, -0.2) is 0 Å². The van der Waals surface area contributed by atoms with Gasteiger partial charge in [0, 0.05) is 6.61 Å². The van der Waals surface area contributed by atoms with Crippen LogP contribution in [0.25, 0.3) is 0 Å². The molecule has 1 unspecified atom stereocenters. The quantitative estimate of drug-likeness (QED) is 0.680. The number of allylic oxidation sites excluding steroid dienone is 3. The Bertz CT molecular complexity index is 284. The molecule has 92 valence electrons. The van der Waals surface area contributed by atoms with Gasteiger partial charge in [0.2, 0.25) is 0 Å². The Kier molecular flexibility index (Phi) is 4.79. The highest BCUT2D eigenvalue weighted by Gasteiger charge is 2.26. The lowest BCUT2D eigenvalue weighted by Crippen LogP contribution is -2.19. The monoisotopic (exact) mass is 222 g/mol. The van der Waals surface area contributed by atoms with Crippen molar-refractivity contribution in [1.29, 1.82) is 0 Å². The summed E-state index contributed by atoms with van der Waals surface area (Å²) in [6, 6.07) is 0. The van der Waals surface area contributed by atoms with Gasteiger partial charge in [-0.05, 0) is 51.0 Å². The van der Waals surface area contributed by atoms with Gasteiger partial charge < -0.3 is 4.74 Å². The topological polar surface area (TPSA) is 9.23 Å². The van der Waals surface area contributed by atoms with Crippen molar-refractivity contribution < 1.29 is 4.74 Å². The molecule has 1 heteroatoms. The fourth-order valence-electron chi connectivity index (χ4n) is 2.56. The minimum absolute atomic E-state index is 0.225. The smallest absolute Gasteiger partial charge is 0.0730 e. The Labute approximate surface area is 101 Å². The molecule has 1 aliphatic rings. The number of rotatable bonds is 4. The Morgan fingerprint density at radius 1 is 1.44 bits per heavy atom. The first-order chi connectivity index (χ1) is 7.47. The van der Waals surface area contributed by atoms with Crippen molar-refractivity contribution >= 4 is 0 Å². The van der Waals surface area contributed by atoms with Gasteiger partial charge in [-0.3, -0.25) is 0 Å². The van der Waals surface area contributed by atoms with Crippen LogP contribution in [-0.4, -0.2) is 12.7 Å². The molecule has 0 spiro atoms. The summed E-state index contributed by atoms with van der Waals surface area (Å²) in [5.74, 6) is 0. The van der Waals surface area contributed by atoms with Crippen LogP contribution in [0, 0.1) is 5.41 Å². The zero-order chi connectivity index (χ0) is 12.2. The minimum Gasteiger partial charge on any atom is -0.375 e. The highest BCUT2D eigenvalue weighted by atomic mass is 16.5. The SMILES string of the molecule is CCOC(C)C=CC1=C(C)CCCC1(C)C. The van der Waals surface area contributed by atoms with Crippen LogP contribution in [0.15, 0.2) is 23.3 Å². The van der Waals surface area contributed by atoms with Crippen LogP contribution in [0.5, 0.6) is 0 Å². The number of hydrogen-bond donors (Lipinski definition) is 0. The Hall–Kier alpha value is -0.560. The molecule has 0 aromatic rings. The maximum Gasteiger partial charge on any atom is 0.0730 e. The van der Waals surface area contributed by atoms with Crippen LogP contribution in [0.1, 0.15) is 53.9 Å². The lowest BCUT2D eigenvalue weighted by molar-refractivity contribution is 0.109. The van der Waals surface area contributed by atoms with E-state index in [9.17, 15) is 0 Å². The van der Waals surface area contributed by atoms with E-state index in [1.807, 2.05) is 6.92 Å². The molecule has 1 atom stereocenters. The zero-order valence-electron chi connectivity index (χ0n) is 11.5. The van der Waals surface area contributed by atoms with Gasteiger partial charge in [-0.15, -0.1) is 0 Å². The number of hydrogen-bond acceptors (Lipinski definition) is 1. The van der Waals surface area contributed by atoms with E-state index in [4.69, 9.17) is 4.74 Å². The Morgan fingerprint density at radius 2 is 2.12 bits per heavy atom. The van der Waals surface area contributed by atoms with Crippen molar-refractivity contribution in [3.05, 3.63) is 23.3 Å². The highest BCUT2D eigenvalue weighted by Crippen LogP contribution is 2.40. The zero-order valence-corrected chi connectivity index (χ0v) is 11.5. The van der Waals surface area contributed by atoms with E-state index in [1.165, 1.54) is 24.8 Å². The predicted molar refractivity (Wildman–Crippen MR) is 70.6 cm³/mol. The lowest BCUT2D eigenvalue weighted by atomic mass is 9.72. The number of ether oxygens (including phenoxy) is 1. The molecule has 0 fully saturated rings. The average Bonchev–Trinajstić information content (AvgIpc) is 2.16. The molecule has 0 heterocycles. The largest absolute Gasteiger partial charge is 0.375 e. The molecule has 0 saturated carbocycles. The first kappa shape index (κ1) is 13.5. The van der Waals surface area contributed by atoms with Gasteiger partial charge in [0.1, 0.15) is 0 Å². The molecule has 1 aliphatic carbocycles. The molecule has 1 nitrogen and oxygen atoms in total. The standard InChI is InChI=1S/C15H26O/c1-6-16-13(3)9-10-14-12(2)8-7-11-15(14,4)5/h9-10,13H,6-8,11H2,1-5H3. The molecule has 1 rings (SSSR count). The fourth-order valence-corrected chi connectivity index (χ4v) is 2.56. The van der Waals surface area contributed by atoms with Gasteiger partial charge >= 0.3 is 0 Å². The molecule has 0 aromatic heterocycles. The molecule has 0 saturated heterocycles. The van der Waals surface area contributed by atoms with Crippen LogP contribution in [0.4, 0.5) is 0 Å². The summed E-state index contributed by atoms with van der Waals surface area (Å²) in [5.41, 5.74) is 3.41. The van der Waals surface area contributed by atoms with E-state index >= 15 is 0 Å². The van der Waals surface area contributed by atoms with E-state index in [1.54, 1.807) is 5.57 Å². The fraction of sp³-hybridized carbons (Fsp3) is 0.733. The third-order valence-electron chi connectivity index (χ3n) is 3.51. The second-order valence-corrected chi connectivity index (χ2v) is 5.45. The molecule has 0 amide bonds. The normalized spacial score (nSPS) is 22.8. The summed E-state index contributed by atoms with van der Waals surface area (Å²) >= 11 is 0. The molecule has 0 bridgehead atoms. The van der Waals surface area contributed by atoms with E-state index in [-0.39, 0.29) is 6.10 Å². The molecule has 0 N–H and O–H groups in total. The molecule has 0 aromatic carbocycles. The van der Waals surface area contributed by atoms with Crippen molar-refractivity contribution in [3.8, 4) is 0 Å². The third kappa shape index (κ3) is 3.48. The summed E-state index contributed by atoms with van der Waals surface area (Å²) in [4.78, 5) is 0. The van der Waals surface area contributed by atoms with Crippen LogP contribution in [0.3, 0.4) is 0 Å². The average molecular weight is 222 g/mol. The Balaban J connectivity index is 2.77. The second-order valence-electron chi connectivity index (χ2n) is 5.45. The van der Waals surface area contributed by atoms with Crippen molar-refractivity contribution in [2.75, 3.05) is 6.61 Å². The first-order valence-electron chi connectivity index (χ1n) is 6.47. The van der Waals surface area contributed by atoms with Crippen molar-refractivity contribution in [2.45, 2.75) is 60.0 Å². The molecule has 0 aliphatic heterocycles. The van der Waals surface area contributed by atoms with E-state index in [0.29, 0.717) is 5.41 Å². The van der Waals surface area contributed by atoms with Gasteiger partial charge in [-0.2, -0.15) is 0 Å². The van der Waals surface area contributed by atoms with Gasteiger partial charge in [0.15, 0.2) is 0 Å². The minimum atomic E-state index is 0.225. The van der Waals surface area contributed by atoms with Crippen LogP contribution in [0.2, 0.25) is 0 Å². The summed E-state index contributed by atoms with van der Waals surface area (Å²) in [7, 11) is 0. The Morgan fingerprint density at radius 3 is 2.69 bits per heavy atom. The predicted octanol–water partition coefficient (Wildman–Crippen LogP) is 4.49. The third-order valence-corrected chi connectivity index (χ3v) is 3.51. The van der Waals surface area contributed by atoms with Crippen molar-refractivity contribution in [1.82, 2.24) is 0 Å². The first-order valence-corrected chi connectivity index (χ1v) is 6.47. The summed E-state index contributed by atoms with van der Waals surface area (Å²) in [5, 5.41) is 0. The highest BCUT2D eigenvalue weighted by molar-refractivity contribution is 5.32. The summed E-state index contributed by atoms with van der Waals surface area (Å²) in [6.45, 7) is 11.9. The summed E-state index contributed by atoms with van der Waals surface area (Å²) in [6.07, 6.45) is 8.59. The van der Waals surface area contributed by atoms with Crippen LogP contribution < -0.4 is 0 Å². The maximum absolute atomic E-state index is 5.53. The summed E-state index contributed by atoms with van der Waals surface area (Å²) < 4.78 is 5.53. The van der Waals surface area contributed by atoms with E-state index < -0.39 is 0 Å². The van der Waals surface area contributed by atoms with Crippen molar-refractivity contribution in [3.63, 3.8) is 0 Å². The molecular weight excluding hydrogens is 196 g/mol. The maximum atomic E-state index is 5.53. The van der Waals surface area contributed by atoms with Crippen LogP contribution in [-0.2, 0) is 4.74 Å². The lowest BCUT2D eigenvalue weighted by Gasteiger charge is -2.33. The van der Waals surface area contributed by atoms with E-state index in [2.05, 4.69) is 39.8 Å². The van der Waals surface area contributed by atoms with E-state index in [0.717, 1.165) is 6.61 Å². The van der Waals surface area contributed by atoms with Crippen LogP contribution >= 0.6 is 0 Å². The van der Waals surface area contributed by atoms with Gasteiger partial charge in [0.25, 0.3) is 0 Å². The van der Waals surface area contributed by atoms with Gasteiger partial charge in [0.05, 0.1) is 6.10 Å². The molecule has 16 heavy (non-hydrogen) atoms. The molecular formula is C15H26O. The van der Waals surface area contributed by atoms with Crippen molar-refractivity contribution in [2.24, 2.45) is 5.41 Å².